The summed E-state index contributed by atoms with van der Waals surface area (Å²) in [4.78, 5) is 3.62. The zero-order valence-corrected chi connectivity index (χ0v) is 7.79. The third-order valence-corrected chi connectivity index (χ3v) is 3.66. The lowest BCUT2D eigenvalue weighted by molar-refractivity contribution is 0.485. The van der Waals surface area contributed by atoms with Gasteiger partial charge in [0.1, 0.15) is 0 Å². The largest absolute Gasteiger partial charge is 0.306 e. The number of aryl methyl sites for hydroxylation is 1. The van der Waals surface area contributed by atoms with Crippen LogP contribution in [0.2, 0.25) is 4.47 Å². The van der Waals surface area contributed by atoms with Crippen LogP contribution < -0.4 is 0 Å². The third-order valence-electron chi connectivity index (χ3n) is 0.962. The summed E-state index contributed by atoms with van der Waals surface area (Å²) in [5.41, 5.74) is 0.225. The van der Waals surface area contributed by atoms with Crippen LogP contribution >= 0.6 is 22.9 Å². The molecule has 62 valence electrons. The highest BCUT2D eigenvalue weighted by Crippen LogP contribution is 2.25. The van der Waals surface area contributed by atoms with Crippen molar-refractivity contribution in [2.75, 3.05) is 0 Å². The molecule has 0 atom stereocenters. The first kappa shape index (κ1) is 8.92. The molecule has 0 saturated carbocycles. The molecular weight excluding hydrogens is 210 g/mol. The van der Waals surface area contributed by atoms with E-state index in [9.17, 15) is 8.42 Å². The SMILES string of the molecule is Cc1nc(Cl)sc1S(=O)(=O)O. The van der Waals surface area contributed by atoms with E-state index in [0.29, 0.717) is 0 Å². The summed E-state index contributed by atoms with van der Waals surface area (Å²) in [7, 11) is -4.14. The van der Waals surface area contributed by atoms with Gasteiger partial charge in [-0.05, 0) is 6.92 Å². The molecule has 0 spiro atoms. The standard InChI is InChI=1S/C4H4ClNO3S2/c1-2-3(11(7,8)9)10-4(5)6-2/h1H3,(H,7,8,9). The number of thiazole rings is 1. The lowest BCUT2D eigenvalue weighted by atomic mass is 10.6. The summed E-state index contributed by atoms with van der Waals surface area (Å²) in [5.74, 6) is 0. The lowest BCUT2D eigenvalue weighted by Crippen LogP contribution is -1.96. The summed E-state index contributed by atoms with van der Waals surface area (Å²) in [5, 5.41) is 0. The van der Waals surface area contributed by atoms with Crippen molar-refractivity contribution < 1.29 is 13.0 Å². The van der Waals surface area contributed by atoms with Gasteiger partial charge in [-0.2, -0.15) is 8.42 Å². The summed E-state index contributed by atoms with van der Waals surface area (Å²) in [6.45, 7) is 1.46. The number of halogens is 1. The van der Waals surface area contributed by atoms with Crippen LogP contribution in [0.4, 0.5) is 0 Å². The molecule has 1 aromatic rings. The van der Waals surface area contributed by atoms with Crippen LogP contribution in [0.15, 0.2) is 4.21 Å². The molecule has 0 bridgehead atoms. The number of nitrogens with zero attached hydrogens (tertiary/aromatic N) is 1. The van der Waals surface area contributed by atoms with E-state index in [-0.39, 0.29) is 14.4 Å². The molecule has 1 rings (SSSR count). The van der Waals surface area contributed by atoms with Gasteiger partial charge in [-0.15, -0.1) is 0 Å². The second-order valence-electron chi connectivity index (χ2n) is 1.81. The monoisotopic (exact) mass is 213 g/mol. The Morgan fingerprint density at radius 1 is 1.64 bits per heavy atom. The molecule has 0 amide bonds. The van der Waals surface area contributed by atoms with Gasteiger partial charge in [-0.3, -0.25) is 4.55 Å². The van der Waals surface area contributed by atoms with Crippen LogP contribution in [0.1, 0.15) is 5.69 Å². The molecule has 1 N–H and O–H groups in total. The molecule has 1 heterocycles. The van der Waals surface area contributed by atoms with Crippen molar-refractivity contribution in [2.45, 2.75) is 11.1 Å². The second-order valence-corrected chi connectivity index (χ2v) is 5.01. The Morgan fingerprint density at radius 2 is 2.18 bits per heavy atom. The number of rotatable bonds is 1. The van der Waals surface area contributed by atoms with Gasteiger partial charge >= 0.3 is 10.1 Å². The van der Waals surface area contributed by atoms with Crippen molar-refractivity contribution >= 4 is 33.1 Å². The van der Waals surface area contributed by atoms with E-state index in [0.717, 1.165) is 11.3 Å². The van der Waals surface area contributed by atoms with Crippen LogP contribution in [-0.2, 0) is 10.1 Å². The molecule has 0 aliphatic rings. The quantitative estimate of drug-likeness (QED) is 0.716. The molecule has 11 heavy (non-hydrogen) atoms. The fourth-order valence-corrected chi connectivity index (χ4v) is 2.69. The fourth-order valence-electron chi connectivity index (χ4n) is 0.590. The van der Waals surface area contributed by atoms with Crippen molar-refractivity contribution in [2.24, 2.45) is 0 Å². The maximum absolute atomic E-state index is 10.5. The van der Waals surface area contributed by atoms with Gasteiger partial charge < -0.3 is 0 Å². The topological polar surface area (TPSA) is 67.3 Å². The van der Waals surface area contributed by atoms with E-state index < -0.39 is 10.1 Å². The van der Waals surface area contributed by atoms with Crippen LogP contribution in [0.25, 0.3) is 0 Å². The Morgan fingerprint density at radius 3 is 2.36 bits per heavy atom. The zero-order valence-electron chi connectivity index (χ0n) is 5.41. The molecule has 0 aliphatic heterocycles. The van der Waals surface area contributed by atoms with Gasteiger partial charge in [0.05, 0.1) is 5.69 Å². The van der Waals surface area contributed by atoms with Crippen LogP contribution in [0, 0.1) is 6.92 Å². The molecule has 0 saturated heterocycles. The summed E-state index contributed by atoms with van der Waals surface area (Å²) in [6, 6.07) is 0. The summed E-state index contributed by atoms with van der Waals surface area (Å²) >= 11 is 6.14. The molecule has 0 aromatic carbocycles. The van der Waals surface area contributed by atoms with Gasteiger partial charge in [-0.25, -0.2) is 4.98 Å². The predicted molar refractivity (Wildman–Crippen MR) is 41.7 cm³/mol. The van der Waals surface area contributed by atoms with Gasteiger partial charge in [0.2, 0.25) is 0 Å². The minimum Gasteiger partial charge on any atom is -0.281 e. The average molecular weight is 214 g/mol. The third kappa shape index (κ3) is 1.90. The van der Waals surface area contributed by atoms with Gasteiger partial charge in [0.25, 0.3) is 0 Å². The maximum Gasteiger partial charge on any atom is 0.306 e. The number of hydrogen-bond donors (Lipinski definition) is 1. The second kappa shape index (κ2) is 2.71. The van der Waals surface area contributed by atoms with E-state index >= 15 is 0 Å². The van der Waals surface area contributed by atoms with Crippen molar-refractivity contribution in [1.29, 1.82) is 0 Å². The van der Waals surface area contributed by atoms with E-state index in [1.807, 2.05) is 0 Å². The smallest absolute Gasteiger partial charge is 0.281 e. The Labute approximate surface area is 72.6 Å². The van der Waals surface area contributed by atoms with E-state index in [2.05, 4.69) is 4.98 Å². The Balaban J connectivity index is 3.36. The predicted octanol–water partition coefficient (Wildman–Crippen LogP) is 1.35. The minimum absolute atomic E-state index is 0.107. The number of hydrogen-bond acceptors (Lipinski definition) is 4. The molecule has 0 unspecified atom stereocenters. The highest BCUT2D eigenvalue weighted by atomic mass is 35.5. The van der Waals surface area contributed by atoms with Gasteiger partial charge in [0, 0.05) is 0 Å². The first-order valence-corrected chi connectivity index (χ1v) is 5.15. The molecule has 4 nitrogen and oxygen atoms in total. The van der Waals surface area contributed by atoms with Crippen molar-refractivity contribution in [3.8, 4) is 0 Å². The normalized spacial score (nSPS) is 11.9. The molecule has 1 aromatic heterocycles. The molecule has 0 fully saturated rings. The van der Waals surface area contributed by atoms with Crippen molar-refractivity contribution in [3.63, 3.8) is 0 Å². The summed E-state index contributed by atoms with van der Waals surface area (Å²) in [6.07, 6.45) is 0. The summed E-state index contributed by atoms with van der Waals surface area (Å²) < 4.78 is 29.6. The number of aromatic nitrogens is 1. The van der Waals surface area contributed by atoms with Crippen LogP contribution in [-0.4, -0.2) is 18.0 Å². The molecule has 0 aliphatic carbocycles. The Bertz CT molecular complexity index is 369. The van der Waals surface area contributed by atoms with E-state index in [1.54, 1.807) is 0 Å². The maximum atomic E-state index is 10.5. The first-order chi connectivity index (χ1) is 4.91. The lowest BCUT2D eigenvalue weighted by Gasteiger charge is -1.88. The first-order valence-electron chi connectivity index (χ1n) is 2.51. The Hall–Kier alpha value is -0.170. The van der Waals surface area contributed by atoms with Crippen LogP contribution in [0.5, 0.6) is 0 Å². The van der Waals surface area contributed by atoms with E-state index in [4.69, 9.17) is 16.2 Å². The highest BCUT2D eigenvalue weighted by Gasteiger charge is 2.17. The highest BCUT2D eigenvalue weighted by molar-refractivity contribution is 7.88. The van der Waals surface area contributed by atoms with E-state index in [1.165, 1.54) is 6.92 Å². The molecular formula is C4H4ClNO3S2. The molecule has 7 heteroatoms. The molecule has 0 radical (unpaired) electrons. The van der Waals surface area contributed by atoms with Gasteiger partial charge in [-0.1, -0.05) is 22.9 Å². The van der Waals surface area contributed by atoms with Crippen molar-refractivity contribution in [3.05, 3.63) is 10.2 Å². The van der Waals surface area contributed by atoms with Gasteiger partial charge in [0.15, 0.2) is 8.68 Å². The minimum atomic E-state index is -4.14. The van der Waals surface area contributed by atoms with Crippen LogP contribution in [0.3, 0.4) is 0 Å². The van der Waals surface area contributed by atoms with Crippen molar-refractivity contribution in [1.82, 2.24) is 4.98 Å². The zero-order chi connectivity index (χ0) is 8.65. The fraction of sp³-hybridized carbons (Fsp3) is 0.250. The average Bonchev–Trinajstić information content (AvgIpc) is 2.08. The Kier molecular flexibility index (Phi) is 2.19.